The van der Waals surface area contributed by atoms with Crippen molar-refractivity contribution in [2.45, 2.75) is 70.4 Å². The zero-order valence-corrected chi connectivity index (χ0v) is 24.8. The molecule has 9 aliphatic rings. The van der Waals surface area contributed by atoms with Crippen LogP contribution in [0.3, 0.4) is 0 Å². The summed E-state index contributed by atoms with van der Waals surface area (Å²) in [6, 6.07) is 8.17. The minimum Gasteiger partial charge on any atom is -0.338 e. The van der Waals surface area contributed by atoms with Gasteiger partial charge in [0.15, 0.2) is 0 Å². The summed E-state index contributed by atoms with van der Waals surface area (Å²) in [5.41, 5.74) is 14.4. The van der Waals surface area contributed by atoms with Crippen LogP contribution in [0.2, 0.25) is 0 Å². The van der Waals surface area contributed by atoms with Crippen LogP contribution in [0.4, 0.5) is 5.69 Å². The van der Waals surface area contributed by atoms with Crippen LogP contribution in [0.25, 0.3) is 0 Å². The first kappa shape index (κ1) is 24.0. The number of fused-ring (bicyclic) bond motifs is 10. The molecule has 2 nitrogen and oxygen atoms in total. The summed E-state index contributed by atoms with van der Waals surface area (Å²) in [6.07, 6.45) is 36.8. The fraction of sp³-hybridized carbons (Fsp3) is 0.385. The van der Waals surface area contributed by atoms with E-state index < -0.39 is 0 Å². The molecule has 1 saturated heterocycles. The highest BCUT2D eigenvalue weighted by atomic mass is 15.3. The van der Waals surface area contributed by atoms with Crippen LogP contribution in [-0.2, 0) is 0 Å². The summed E-state index contributed by atoms with van der Waals surface area (Å²) in [5, 5.41) is 0. The molecule has 1 fully saturated rings. The van der Waals surface area contributed by atoms with Crippen molar-refractivity contribution in [3.8, 4) is 0 Å². The first-order valence-electron chi connectivity index (χ1n) is 16.6. The Morgan fingerprint density at radius 3 is 2.71 bits per heavy atom. The van der Waals surface area contributed by atoms with Crippen LogP contribution in [0.1, 0.15) is 63.9 Å². The first-order valence-corrected chi connectivity index (χ1v) is 16.6. The molecule has 3 heteroatoms. The molecule has 5 aliphatic carbocycles. The summed E-state index contributed by atoms with van der Waals surface area (Å²) in [4.78, 5) is 5.69. The van der Waals surface area contributed by atoms with E-state index in [1.807, 2.05) is 0 Å². The molecule has 1 aromatic carbocycles. The maximum Gasteiger partial charge on any atom is 0.247 e. The second-order valence-corrected chi connectivity index (χ2v) is 14.6. The lowest BCUT2D eigenvalue weighted by molar-refractivity contribution is 0.167. The lowest BCUT2D eigenvalue weighted by Crippen LogP contribution is -2.58. The Morgan fingerprint density at radius 2 is 1.81 bits per heavy atom. The summed E-state index contributed by atoms with van der Waals surface area (Å²) in [5.74, 6) is 2.10. The molecular formula is C39H39BN2. The zero-order chi connectivity index (χ0) is 27.7. The van der Waals surface area contributed by atoms with Gasteiger partial charge in [0.05, 0.1) is 12.1 Å². The number of rotatable bonds is 2. The molecule has 4 heterocycles. The molecule has 208 valence electrons. The Kier molecular flexibility index (Phi) is 4.77. The topological polar surface area (TPSA) is 6.48 Å². The van der Waals surface area contributed by atoms with Gasteiger partial charge in [0, 0.05) is 34.6 Å². The van der Waals surface area contributed by atoms with Crippen molar-refractivity contribution in [1.29, 1.82) is 0 Å². The maximum atomic E-state index is 2.86. The number of anilines is 1. The molecular weight excluding hydrogens is 507 g/mol. The molecule has 0 amide bonds. The number of nitrogens with zero attached hydrogens (tertiary/aromatic N) is 2. The predicted molar refractivity (Wildman–Crippen MR) is 174 cm³/mol. The summed E-state index contributed by atoms with van der Waals surface area (Å²) < 4.78 is 0. The lowest BCUT2D eigenvalue weighted by Gasteiger charge is -2.53. The van der Waals surface area contributed by atoms with E-state index in [1.165, 1.54) is 30.7 Å². The van der Waals surface area contributed by atoms with Crippen LogP contribution in [0.5, 0.6) is 0 Å². The molecule has 0 aromatic heterocycles. The van der Waals surface area contributed by atoms with Crippen LogP contribution in [-0.4, -0.2) is 23.7 Å². The number of hydrogen-bond acceptors (Lipinski definition) is 2. The van der Waals surface area contributed by atoms with Gasteiger partial charge in [-0.3, -0.25) is 0 Å². The van der Waals surface area contributed by atoms with E-state index in [1.54, 1.807) is 38.9 Å². The van der Waals surface area contributed by atoms with Crippen molar-refractivity contribution >= 4 is 17.9 Å². The Morgan fingerprint density at radius 1 is 0.881 bits per heavy atom. The smallest absolute Gasteiger partial charge is 0.247 e. The monoisotopic (exact) mass is 546 g/mol. The Hall–Kier alpha value is -3.46. The van der Waals surface area contributed by atoms with Gasteiger partial charge >= 0.3 is 0 Å². The van der Waals surface area contributed by atoms with Gasteiger partial charge in [-0.05, 0) is 77.8 Å². The average Bonchev–Trinajstić information content (AvgIpc) is 3.56. The molecule has 0 radical (unpaired) electrons. The van der Waals surface area contributed by atoms with E-state index in [0.717, 1.165) is 19.3 Å². The van der Waals surface area contributed by atoms with Crippen LogP contribution >= 0.6 is 0 Å². The van der Waals surface area contributed by atoms with E-state index in [-0.39, 0.29) is 5.41 Å². The van der Waals surface area contributed by atoms with E-state index in [2.05, 4.69) is 115 Å². The predicted octanol–water partition coefficient (Wildman–Crippen LogP) is 7.83. The van der Waals surface area contributed by atoms with E-state index in [9.17, 15) is 0 Å². The Labute approximate surface area is 251 Å². The van der Waals surface area contributed by atoms with Crippen molar-refractivity contribution in [3.05, 3.63) is 130 Å². The first-order chi connectivity index (χ1) is 20.6. The molecule has 4 aliphatic heterocycles. The number of hydrogen-bond donors (Lipinski definition) is 0. The van der Waals surface area contributed by atoms with Gasteiger partial charge < -0.3 is 9.80 Å². The third-order valence-electron chi connectivity index (χ3n) is 12.5. The molecule has 0 bridgehead atoms. The van der Waals surface area contributed by atoms with Gasteiger partial charge in [-0.15, -0.1) is 0 Å². The molecule has 0 saturated carbocycles. The quantitative estimate of drug-likeness (QED) is 0.276. The third-order valence-corrected chi connectivity index (χ3v) is 12.5. The van der Waals surface area contributed by atoms with Gasteiger partial charge in [0.25, 0.3) is 0 Å². The number of benzene rings is 1. The standard InChI is InChI=1S/C39H39BN2/c1-39(2,24-12-4-3-5-13-24)25-22-34-36-35(23-25)42-33-21-9-7-15-27(33)29-17-11-19-31(38(29)42)40(36)30-18-10-16-28-26-14-6-8-20-32(26)41(34)37(28)30/h3-5,8,10-12,15-22,24-26,29,32,38H,6-7,9,13-14,23H2,1-2H3. The van der Waals surface area contributed by atoms with Crippen LogP contribution in [0.15, 0.2) is 125 Å². The highest BCUT2D eigenvalue weighted by molar-refractivity contribution is 6.89. The van der Waals surface area contributed by atoms with E-state index in [0.29, 0.717) is 42.5 Å². The minimum absolute atomic E-state index is 0.158. The van der Waals surface area contributed by atoms with Gasteiger partial charge in [0.2, 0.25) is 6.71 Å². The third kappa shape index (κ3) is 2.88. The van der Waals surface area contributed by atoms with Crippen molar-refractivity contribution in [3.63, 3.8) is 0 Å². The normalized spacial score (nSPS) is 34.3. The molecule has 0 spiro atoms. The maximum absolute atomic E-state index is 2.86. The SMILES string of the molecule is CC(C)(C1C=CC=CC1)C1C=C2C3=C(C1)N1C4=CCCC=C4C4C=CC=C(B3c3cccc5c3N2C2C=CCCC52)C41. The van der Waals surface area contributed by atoms with Crippen LogP contribution in [0, 0.1) is 23.2 Å². The summed E-state index contributed by atoms with van der Waals surface area (Å²) in [6.45, 7) is 5.46. The van der Waals surface area contributed by atoms with Gasteiger partial charge in [-0.2, -0.15) is 0 Å². The highest BCUT2D eigenvalue weighted by Crippen LogP contribution is 2.60. The molecule has 42 heavy (non-hydrogen) atoms. The fourth-order valence-corrected chi connectivity index (χ4v) is 10.4. The molecule has 6 unspecified atom stereocenters. The molecule has 0 N–H and O–H groups in total. The van der Waals surface area contributed by atoms with Gasteiger partial charge in [-0.25, -0.2) is 0 Å². The molecule has 10 rings (SSSR count). The highest BCUT2D eigenvalue weighted by Gasteiger charge is 2.58. The number of para-hydroxylation sites is 1. The largest absolute Gasteiger partial charge is 0.338 e. The zero-order valence-electron chi connectivity index (χ0n) is 24.8. The number of allylic oxidation sites excluding steroid dienone is 13. The molecule has 1 aromatic rings. The van der Waals surface area contributed by atoms with Crippen LogP contribution < -0.4 is 10.4 Å². The van der Waals surface area contributed by atoms with Gasteiger partial charge in [0.1, 0.15) is 0 Å². The second kappa shape index (κ2) is 8.34. The van der Waals surface area contributed by atoms with Crippen molar-refractivity contribution in [1.82, 2.24) is 4.90 Å². The summed E-state index contributed by atoms with van der Waals surface area (Å²) >= 11 is 0. The Balaban J connectivity index is 1.25. The van der Waals surface area contributed by atoms with Gasteiger partial charge in [-0.1, -0.05) is 110 Å². The Bertz CT molecular complexity index is 1720. The van der Waals surface area contributed by atoms with Crippen molar-refractivity contribution in [2.75, 3.05) is 4.90 Å². The minimum atomic E-state index is 0.158. The fourth-order valence-electron chi connectivity index (χ4n) is 10.4. The summed E-state index contributed by atoms with van der Waals surface area (Å²) in [7, 11) is 0. The lowest BCUT2D eigenvalue weighted by atomic mass is 9.29. The van der Waals surface area contributed by atoms with E-state index >= 15 is 0 Å². The average molecular weight is 547 g/mol. The second-order valence-electron chi connectivity index (χ2n) is 14.6. The van der Waals surface area contributed by atoms with Crippen molar-refractivity contribution < 1.29 is 0 Å². The molecule has 6 atom stereocenters. The van der Waals surface area contributed by atoms with E-state index in [4.69, 9.17) is 0 Å². The van der Waals surface area contributed by atoms with Crippen molar-refractivity contribution in [2.24, 2.45) is 23.2 Å².